The fourth-order valence-corrected chi connectivity index (χ4v) is 3.97. The molecule has 5 nitrogen and oxygen atoms in total. The quantitative estimate of drug-likeness (QED) is 0.444. The minimum absolute atomic E-state index is 0.206. The van der Waals surface area contributed by atoms with E-state index >= 15 is 0 Å². The van der Waals surface area contributed by atoms with Gasteiger partial charge in [-0.3, -0.25) is 9.79 Å². The first kappa shape index (κ1) is 19.6. The third-order valence-corrected chi connectivity index (χ3v) is 5.47. The van der Waals surface area contributed by atoms with Crippen LogP contribution in [-0.4, -0.2) is 49.2 Å². The van der Waals surface area contributed by atoms with Gasteiger partial charge in [0.2, 0.25) is 5.91 Å². The molecule has 0 aromatic heterocycles. The number of piperidine rings is 1. The van der Waals surface area contributed by atoms with Gasteiger partial charge < -0.3 is 16.0 Å². The van der Waals surface area contributed by atoms with Gasteiger partial charge in [0.05, 0.1) is 0 Å². The van der Waals surface area contributed by atoms with E-state index in [1.807, 2.05) is 18.8 Å². The van der Waals surface area contributed by atoms with Gasteiger partial charge in [-0.1, -0.05) is 29.8 Å². The number of rotatable bonds is 7. The number of nitrogens with two attached hydrogens (primary N) is 1. The molecule has 1 aliphatic rings. The van der Waals surface area contributed by atoms with Gasteiger partial charge in [-0.25, -0.2) is 0 Å². The number of amides is 1. The lowest BCUT2D eigenvalue weighted by Gasteiger charge is -2.34. The maximum Gasteiger partial charge on any atom is 0.217 e. The molecule has 1 fully saturated rings. The highest BCUT2D eigenvalue weighted by Gasteiger charge is 2.23. The van der Waals surface area contributed by atoms with Crippen molar-refractivity contribution in [1.29, 1.82) is 0 Å². The van der Waals surface area contributed by atoms with Crippen molar-refractivity contribution in [3.05, 3.63) is 35.4 Å². The topological polar surface area (TPSA) is 70.7 Å². The number of hydrogen-bond donors (Lipinski definition) is 2. The first-order valence-corrected chi connectivity index (χ1v) is 10.1. The van der Waals surface area contributed by atoms with E-state index in [0.717, 1.165) is 49.9 Å². The molecule has 1 heterocycles. The molecule has 1 atom stereocenters. The summed E-state index contributed by atoms with van der Waals surface area (Å²) in [5, 5.41) is 3.45. The van der Waals surface area contributed by atoms with Crippen LogP contribution in [0.25, 0.3) is 0 Å². The highest BCUT2D eigenvalue weighted by Crippen LogP contribution is 2.19. The molecular weight excluding hydrogens is 332 g/mol. The summed E-state index contributed by atoms with van der Waals surface area (Å²) in [7, 11) is 1.82. The Hall–Kier alpha value is -1.69. The SMILES string of the molecule is CN=C(NCCSCc1ccc(C)cc1)N1CCCC(CC(N)=O)C1. The van der Waals surface area contributed by atoms with E-state index in [4.69, 9.17) is 5.73 Å². The van der Waals surface area contributed by atoms with Crippen molar-refractivity contribution in [2.24, 2.45) is 16.6 Å². The van der Waals surface area contributed by atoms with E-state index in [1.54, 1.807) is 0 Å². The second-order valence-corrected chi connectivity index (χ2v) is 7.74. The Balaban J connectivity index is 1.69. The monoisotopic (exact) mass is 362 g/mol. The fourth-order valence-electron chi connectivity index (χ4n) is 3.15. The van der Waals surface area contributed by atoms with Crippen molar-refractivity contribution in [1.82, 2.24) is 10.2 Å². The van der Waals surface area contributed by atoms with Gasteiger partial charge in [0.15, 0.2) is 5.96 Å². The van der Waals surface area contributed by atoms with Crippen LogP contribution in [0.1, 0.15) is 30.4 Å². The fraction of sp³-hybridized carbons (Fsp3) is 0.579. The molecule has 6 heteroatoms. The van der Waals surface area contributed by atoms with Crippen LogP contribution < -0.4 is 11.1 Å². The summed E-state index contributed by atoms with van der Waals surface area (Å²) in [6.45, 7) is 4.85. The van der Waals surface area contributed by atoms with Crippen LogP contribution in [0.5, 0.6) is 0 Å². The third-order valence-electron chi connectivity index (χ3n) is 4.44. The predicted octanol–water partition coefficient (Wildman–Crippen LogP) is 2.39. The number of nitrogens with one attached hydrogen (secondary N) is 1. The maximum absolute atomic E-state index is 11.1. The van der Waals surface area contributed by atoms with Crippen LogP contribution in [-0.2, 0) is 10.5 Å². The molecule has 1 saturated heterocycles. The zero-order valence-electron chi connectivity index (χ0n) is 15.3. The minimum Gasteiger partial charge on any atom is -0.370 e. The van der Waals surface area contributed by atoms with E-state index in [2.05, 4.69) is 46.4 Å². The van der Waals surface area contributed by atoms with Crippen molar-refractivity contribution >= 4 is 23.6 Å². The van der Waals surface area contributed by atoms with E-state index < -0.39 is 0 Å². The van der Waals surface area contributed by atoms with E-state index in [9.17, 15) is 4.79 Å². The lowest BCUT2D eigenvalue weighted by atomic mass is 9.95. The standard InChI is InChI=1S/C19H30N4OS/c1-15-5-7-16(8-6-15)14-25-11-9-22-19(21-2)23-10-3-4-17(13-23)12-18(20)24/h5-8,17H,3-4,9-14H2,1-2H3,(H2,20,24)(H,21,22). The second-order valence-electron chi connectivity index (χ2n) is 6.64. The Morgan fingerprint density at radius 1 is 1.40 bits per heavy atom. The van der Waals surface area contributed by atoms with Gasteiger partial charge in [0.1, 0.15) is 0 Å². The second kappa shape index (κ2) is 10.3. The Kier molecular flexibility index (Phi) is 8.12. The Morgan fingerprint density at radius 3 is 2.84 bits per heavy atom. The number of nitrogens with zero attached hydrogens (tertiary/aromatic N) is 2. The van der Waals surface area contributed by atoms with Gasteiger partial charge in [0, 0.05) is 44.6 Å². The van der Waals surface area contributed by atoms with Gasteiger partial charge in [0.25, 0.3) is 0 Å². The molecule has 138 valence electrons. The Bertz CT molecular complexity index is 573. The molecule has 1 amide bonds. The number of aliphatic imine (C=N–C) groups is 1. The summed E-state index contributed by atoms with van der Waals surface area (Å²) in [4.78, 5) is 17.8. The summed E-state index contributed by atoms with van der Waals surface area (Å²) in [5.41, 5.74) is 8.01. The largest absolute Gasteiger partial charge is 0.370 e. The first-order chi connectivity index (χ1) is 12.1. The molecule has 0 bridgehead atoms. The molecule has 0 spiro atoms. The van der Waals surface area contributed by atoms with Crippen molar-refractivity contribution in [2.75, 3.05) is 32.4 Å². The summed E-state index contributed by atoms with van der Waals surface area (Å²) in [5.74, 6) is 3.14. The average Bonchev–Trinajstić information content (AvgIpc) is 2.59. The minimum atomic E-state index is -0.206. The van der Waals surface area contributed by atoms with E-state index in [0.29, 0.717) is 12.3 Å². The van der Waals surface area contributed by atoms with Crippen LogP contribution in [0.4, 0.5) is 0 Å². The zero-order valence-corrected chi connectivity index (χ0v) is 16.1. The van der Waals surface area contributed by atoms with Crippen LogP contribution >= 0.6 is 11.8 Å². The lowest BCUT2D eigenvalue weighted by Crippen LogP contribution is -2.47. The number of thioether (sulfide) groups is 1. The smallest absolute Gasteiger partial charge is 0.217 e. The van der Waals surface area contributed by atoms with Gasteiger partial charge in [-0.15, -0.1) is 0 Å². The molecule has 0 aliphatic carbocycles. The molecule has 1 unspecified atom stereocenters. The Labute approximate surface area is 155 Å². The van der Waals surface area contributed by atoms with Crippen molar-refractivity contribution in [3.8, 4) is 0 Å². The van der Waals surface area contributed by atoms with Crippen LogP contribution in [0, 0.1) is 12.8 Å². The van der Waals surface area contributed by atoms with Gasteiger partial charge >= 0.3 is 0 Å². The predicted molar refractivity (Wildman–Crippen MR) is 107 cm³/mol. The Morgan fingerprint density at radius 2 is 2.16 bits per heavy atom. The number of aryl methyl sites for hydroxylation is 1. The zero-order chi connectivity index (χ0) is 18.1. The highest BCUT2D eigenvalue weighted by molar-refractivity contribution is 7.98. The molecule has 1 aromatic rings. The van der Waals surface area contributed by atoms with Crippen LogP contribution in [0.15, 0.2) is 29.3 Å². The highest BCUT2D eigenvalue weighted by atomic mass is 32.2. The number of likely N-dealkylation sites (tertiary alicyclic amines) is 1. The van der Waals surface area contributed by atoms with Gasteiger partial charge in [-0.05, 0) is 31.2 Å². The number of hydrogen-bond acceptors (Lipinski definition) is 3. The summed E-state index contributed by atoms with van der Waals surface area (Å²) in [6, 6.07) is 8.71. The molecule has 1 aromatic carbocycles. The molecule has 0 radical (unpaired) electrons. The lowest BCUT2D eigenvalue weighted by molar-refractivity contribution is -0.119. The van der Waals surface area contributed by atoms with Crippen molar-refractivity contribution in [3.63, 3.8) is 0 Å². The van der Waals surface area contributed by atoms with Crippen molar-refractivity contribution < 1.29 is 4.79 Å². The van der Waals surface area contributed by atoms with Gasteiger partial charge in [-0.2, -0.15) is 11.8 Å². The first-order valence-electron chi connectivity index (χ1n) is 8.95. The van der Waals surface area contributed by atoms with E-state index in [1.165, 1.54) is 11.1 Å². The van der Waals surface area contributed by atoms with Crippen LogP contribution in [0.3, 0.4) is 0 Å². The number of carbonyl (C=O) groups is 1. The number of guanidine groups is 1. The summed E-state index contributed by atoms with van der Waals surface area (Å²) >= 11 is 1.92. The maximum atomic E-state index is 11.1. The molecule has 1 aliphatic heterocycles. The molecule has 25 heavy (non-hydrogen) atoms. The molecular formula is C19H30N4OS. The molecule has 0 saturated carbocycles. The number of benzene rings is 1. The van der Waals surface area contributed by atoms with Crippen molar-refractivity contribution in [2.45, 2.75) is 31.9 Å². The molecule has 3 N–H and O–H groups in total. The number of primary amides is 1. The summed E-state index contributed by atoms with van der Waals surface area (Å²) in [6.07, 6.45) is 2.63. The number of carbonyl (C=O) groups excluding carboxylic acids is 1. The summed E-state index contributed by atoms with van der Waals surface area (Å²) < 4.78 is 0. The average molecular weight is 363 g/mol. The molecule has 2 rings (SSSR count). The van der Waals surface area contributed by atoms with E-state index in [-0.39, 0.29) is 5.91 Å². The third kappa shape index (κ3) is 6.98. The normalized spacial score (nSPS) is 18.2. The van der Waals surface area contributed by atoms with Crippen LogP contribution in [0.2, 0.25) is 0 Å².